The number of aryl methyl sites for hydroxylation is 1. The first-order valence-corrected chi connectivity index (χ1v) is 7.62. The summed E-state index contributed by atoms with van der Waals surface area (Å²) in [6.07, 6.45) is 2.76. The number of nitrogen functional groups attached to an aromatic ring is 1. The van der Waals surface area contributed by atoms with E-state index in [2.05, 4.69) is 27.0 Å². The molecule has 0 saturated carbocycles. The van der Waals surface area contributed by atoms with Gasteiger partial charge in [-0.2, -0.15) is 4.57 Å². The van der Waals surface area contributed by atoms with Gasteiger partial charge in [0, 0.05) is 26.1 Å². The molecule has 0 spiro atoms. The third-order valence-electron chi connectivity index (χ3n) is 3.19. The van der Waals surface area contributed by atoms with Crippen LogP contribution in [0.5, 0.6) is 0 Å². The van der Waals surface area contributed by atoms with Crippen molar-refractivity contribution in [3.05, 3.63) is 33.7 Å². The number of anilines is 1. The number of aromatic nitrogens is 3. The molecular weight excluding hydrogens is 272 g/mol. The lowest BCUT2D eigenvalue weighted by Gasteiger charge is -2.02. The van der Waals surface area contributed by atoms with Gasteiger partial charge in [-0.15, -0.1) is 0 Å². The maximum Gasteiger partial charge on any atom is 0.225 e. The van der Waals surface area contributed by atoms with E-state index in [-0.39, 0.29) is 0 Å². The summed E-state index contributed by atoms with van der Waals surface area (Å²) in [4.78, 5) is 9.77. The maximum atomic E-state index is 5.94. The second-order valence-corrected chi connectivity index (χ2v) is 5.57. The van der Waals surface area contributed by atoms with Crippen molar-refractivity contribution in [2.45, 2.75) is 33.7 Å². The van der Waals surface area contributed by atoms with Gasteiger partial charge in [-0.05, 0) is 13.8 Å². The van der Waals surface area contributed by atoms with Gasteiger partial charge in [-0.3, -0.25) is 0 Å². The van der Waals surface area contributed by atoms with Crippen molar-refractivity contribution in [2.75, 3.05) is 18.9 Å². The van der Waals surface area contributed by atoms with Gasteiger partial charge < -0.3 is 10.5 Å². The summed E-state index contributed by atoms with van der Waals surface area (Å²) < 4.78 is 7.60. The standard InChI is InChI=1S/C14H21N4OS/c1-4-19-6-5-13-10(2)18(9-20-13)8-12-7-16-11(3)17-14(12)15/h7,9H,4-6,8H2,1-3H3,(H2,15,16,17)/q+1. The molecule has 0 aliphatic heterocycles. The minimum atomic E-state index is 0.562. The molecule has 0 radical (unpaired) electrons. The van der Waals surface area contributed by atoms with Crippen LogP contribution in [0.1, 0.15) is 28.9 Å². The smallest absolute Gasteiger partial charge is 0.225 e. The highest BCUT2D eigenvalue weighted by Crippen LogP contribution is 2.14. The van der Waals surface area contributed by atoms with Crippen molar-refractivity contribution in [3.63, 3.8) is 0 Å². The van der Waals surface area contributed by atoms with Gasteiger partial charge in [0.2, 0.25) is 5.51 Å². The fraction of sp³-hybridized carbons (Fsp3) is 0.500. The van der Waals surface area contributed by atoms with Crippen molar-refractivity contribution < 1.29 is 9.30 Å². The number of hydrogen-bond acceptors (Lipinski definition) is 5. The molecule has 0 bridgehead atoms. The van der Waals surface area contributed by atoms with Crippen LogP contribution in [0, 0.1) is 13.8 Å². The van der Waals surface area contributed by atoms with Crippen molar-refractivity contribution in [1.82, 2.24) is 9.97 Å². The number of thiazole rings is 1. The van der Waals surface area contributed by atoms with E-state index in [1.54, 1.807) is 11.3 Å². The van der Waals surface area contributed by atoms with E-state index >= 15 is 0 Å². The molecule has 0 aliphatic rings. The van der Waals surface area contributed by atoms with Crippen LogP contribution in [0.4, 0.5) is 5.82 Å². The Kier molecular flexibility index (Phi) is 5.03. The fourth-order valence-corrected chi connectivity index (χ4v) is 2.95. The van der Waals surface area contributed by atoms with Crippen molar-refractivity contribution in [2.24, 2.45) is 0 Å². The highest BCUT2D eigenvalue weighted by molar-refractivity contribution is 7.09. The summed E-state index contributed by atoms with van der Waals surface area (Å²) in [5.41, 5.74) is 10.3. The topological polar surface area (TPSA) is 64.9 Å². The summed E-state index contributed by atoms with van der Waals surface area (Å²) in [6.45, 7) is 8.23. The van der Waals surface area contributed by atoms with Crippen molar-refractivity contribution in [3.8, 4) is 0 Å². The second-order valence-electron chi connectivity index (χ2n) is 4.63. The molecular formula is C14H21N4OS+. The predicted octanol–water partition coefficient (Wildman–Crippen LogP) is 1.65. The molecule has 2 aromatic heterocycles. The molecule has 0 saturated heterocycles. The molecule has 20 heavy (non-hydrogen) atoms. The zero-order valence-electron chi connectivity index (χ0n) is 12.2. The normalized spacial score (nSPS) is 10.9. The zero-order valence-corrected chi connectivity index (χ0v) is 13.0. The van der Waals surface area contributed by atoms with E-state index < -0.39 is 0 Å². The molecule has 2 heterocycles. The van der Waals surface area contributed by atoms with E-state index in [1.807, 2.05) is 20.0 Å². The Balaban J connectivity index is 2.10. The fourth-order valence-electron chi connectivity index (χ4n) is 1.97. The van der Waals surface area contributed by atoms with Gasteiger partial charge in [-0.25, -0.2) is 9.97 Å². The molecule has 0 aromatic carbocycles. The zero-order chi connectivity index (χ0) is 14.5. The molecule has 6 heteroatoms. The Hall–Kier alpha value is -1.53. The summed E-state index contributed by atoms with van der Waals surface area (Å²) in [5.74, 6) is 1.27. The minimum Gasteiger partial charge on any atom is -0.383 e. The summed E-state index contributed by atoms with van der Waals surface area (Å²) in [5, 5.41) is 0. The molecule has 0 fully saturated rings. The first-order chi connectivity index (χ1) is 9.61. The number of nitrogens with two attached hydrogens (primary N) is 1. The molecule has 108 valence electrons. The van der Waals surface area contributed by atoms with Crippen LogP contribution >= 0.6 is 11.3 Å². The lowest BCUT2D eigenvalue weighted by atomic mass is 10.2. The van der Waals surface area contributed by atoms with Gasteiger partial charge in [0.05, 0.1) is 17.0 Å². The van der Waals surface area contributed by atoms with Gasteiger partial charge in [-0.1, -0.05) is 11.3 Å². The quantitative estimate of drug-likeness (QED) is 0.650. The monoisotopic (exact) mass is 293 g/mol. The second kappa shape index (κ2) is 6.76. The lowest BCUT2D eigenvalue weighted by molar-refractivity contribution is -0.689. The van der Waals surface area contributed by atoms with Crippen LogP contribution in [0.25, 0.3) is 0 Å². The molecule has 0 unspecified atom stereocenters. The Morgan fingerprint density at radius 3 is 2.90 bits per heavy atom. The van der Waals surface area contributed by atoms with Crippen LogP contribution in [0.15, 0.2) is 11.7 Å². The molecule has 5 nitrogen and oxygen atoms in total. The highest BCUT2D eigenvalue weighted by Gasteiger charge is 2.17. The molecule has 2 aromatic rings. The van der Waals surface area contributed by atoms with E-state index in [0.717, 1.165) is 25.2 Å². The lowest BCUT2D eigenvalue weighted by Crippen LogP contribution is -2.35. The SMILES string of the molecule is CCOCCc1sc[n+](Cc2cnc(C)nc2N)c1C. The molecule has 0 atom stereocenters. The van der Waals surface area contributed by atoms with Gasteiger partial charge in [0.15, 0.2) is 12.2 Å². The van der Waals surface area contributed by atoms with Crippen molar-refractivity contribution in [1.29, 1.82) is 0 Å². The average molecular weight is 293 g/mol. The van der Waals surface area contributed by atoms with Crippen LogP contribution in [-0.4, -0.2) is 23.2 Å². The Morgan fingerprint density at radius 2 is 2.20 bits per heavy atom. The minimum absolute atomic E-state index is 0.562. The Morgan fingerprint density at radius 1 is 1.40 bits per heavy atom. The number of hydrogen-bond donors (Lipinski definition) is 1. The Labute approximate surface area is 123 Å². The first kappa shape index (κ1) is 14.9. The number of nitrogens with zero attached hydrogens (tertiary/aromatic N) is 3. The van der Waals surface area contributed by atoms with E-state index in [4.69, 9.17) is 10.5 Å². The highest BCUT2D eigenvalue weighted by atomic mass is 32.1. The van der Waals surface area contributed by atoms with Crippen LogP contribution in [0.3, 0.4) is 0 Å². The third-order valence-corrected chi connectivity index (χ3v) is 4.34. The molecule has 2 rings (SSSR count). The largest absolute Gasteiger partial charge is 0.383 e. The summed E-state index contributed by atoms with van der Waals surface area (Å²) >= 11 is 1.76. The predicted molar refractivity (Wildman–Crippen MR) is 79.7 cm³/mol. The summed E-state index contributed by atoms with van der Waals surface area (Å²) in [7, 11) is 0. The van der Waals surface area contributed by atoms with E-state index in [0.29, 0.717) is 18.2 Å². The maximum absolute atomic E-state index is 5.94. The van der Waals surface area contributed by atoms with Gasteiger partial charge in [0.25, 0.3) is 0 Å². The number of rotatable bonds is 6. The Bertz CT molecular complexity index is 583. The average Bonchev–Trinajstić information content (AvgIpc) is 2.75. The van der Waals surface area contributed by atoms with E-state index in [9.17, 15) is 0 Å². The molecule has 2 N–H and O–H groups in total. The van der Waals surface area contributed by atoms with Crippen LogP contribution < -0.4 is 10.3 Å². The molecule has 0 amide bonds. The van der Waals surface area contributed by atoms with Crippen LogP contribution in [-0.2, 0) is 17.7 Å². The third kappa shape index (κ3) is 3.52. The first-order valence-electron chi connectivity index (χ1n) is 6.74. The summed E-state index contributed by atoms with van der Waals surface area (Å²) in [6, 6.07) is 0. The van der Waals surface area contributed by atoms with Gasteiger partial charge >= 0.3 is 0 Å². The van der Waals surface area contributed by atoms with E-state index in [1.165, 1.54) is 10.6 Å². The molecule has 0 aliphatic carbocycles. The van der Waals surface area contributed by atoms with Gasteiger partial charge in [0.1, 0.15) is 11.6 Å². The number of ether oxygens (including phenoxy) is 1. The van der Waals surface area contributed by atoms with Crippen molar-refractivity contribution >= 4 is 17.2 Å². The van der Waals surface area contributed by atoms with Crippen LogP contribution in [0.2, 0.25) is 0 Å².